The van der Waals surface area contributed by atoms with E-state index >= 15 is 0 Å². The zero-order valence-electron chi connectivity index (χ0n) is 10.7. The number of likely N-dealkylation sites (tertiary alicyclic amines) is 1. The van der Waals surface area contributed by atoms with Crippen LogP contribution in [0.25, 0.3) is 0 Å². The molecule has 0 amide bonds. The van der Waals surface area contributed by atoms with Gasteiger partial charge in [-0.15, -0.1) is 0 Å². The van der Waals surface area contributed by atoms with Gasteiger partial charge in [-0.25, -0.2) is 0 Å². The molecular weight excluding hydrogens is 204 g/mol. The van der Waals surface area contributed by atoms with E-state index in [0.717, 1.165) is 19.5 Å². The maximum absolute atomic E-state index is 11.5. The highest BCUT2D eigenvalue weighted by molar-refractivity contribution is 5.75. The Morgan fingerprint density at radius 2 is 2.38 bits per heavy atom. The minimum atomic E-state index is -0.150. The monoisotopic (exact) mass is 228 g/mol. The molecule has 16 heavy (non-hydrogen) atoms. The Kier molecular flexibility index (Phi) is 5.77. The number of likely N-dealkylation sites (N-methyl/N-ethyl adjacent to an activating group) is 1. The molecule has 4 heteroatoms. The summed E-state index contributed by atoms with van der Waals surface area (Å²) >= 11 is 0. The molecule has 1 heterocycles. The second-order valence-corrected chi connectivity index (χ2v) is 4.45. The van der Waals surface area contributed by atoms with Gasteiger partial charge in [-0.2, -0.15) is 0 Å². The van der Waals surface area contributed by atoms with Crippen LogP contribution in [-0.4, -0.2) is 49.7 Å². The first kappa shape index (κ1) is 13.5. The fourth-order valence-electron chi connectivity index (χ4n) is 2.31. The van der Waals surface area contributed by atoms with Crippen LogP contribution in [0, 0.1) is 0 Å². The molecule has 1 aliphatic heterocycles. The molecule has 0 spiro atoms. The molecule has 2 unspecified atom stereocenters. The van der Waals surface area contributed by atoms with Gasteiger partial charge in [0.2, 0.25) is 0 Å². The van der Waals surface area contributed by atoms with Crippen molar-refractivity contribution < 1.29 is 9.53 Å². The van der Waals surface area contributed by atoms with E-state index in [1.807, 2.05) is 6.92 Å². The van der Waals surface area contributed by atoms with Gasteiger partial charge in [-0.3, -0.25) is 4.79 Å². The minimum Gasteiger partial charge on any atom is -0.468 e. The second-order valence-electron chi connectivity index (χ2n) is 4.45. The van der Waals surface area contributed by atoms with E-state index in [2.05, 4.69) is 17.1 Å². The highest BCUT2D eigenvalue weighted by atomic mass is 16.5. The summed E-state index contributed by atoms with van der Waals surface area (Å²) in [6.07, 6.45) is 3.40. The maximum Gasteiger partial charge on any atom is 0.322 e. The number of hydrogen-bond acceptors (Lipinski definition) is 4. The van der Waals surface area contributed by atoms with Gasteiger partial charge < -0.3 is 15.0 Å². The predicted octanol–water partition coefficient (Wildman–Crippen LogP) is 1.01. The SMILES string of the molecule is CCNC(CCN1CCCC1C)C(=O)OC. The molecule has 0 radical (unpaired) electrons. The van der Waals surface area contributed by atoms with E-state index in [4.69, 9.17) is 4.74 Å². The molecule has 1 N–H and O–H groups in total. The molecule has 0 aliphatic carbocycles. The number of rotatable bonds is 6. The highest BCUT2D eigenvalue weighted by Gasteiger charge is 2.23. The topological polar surface area (TPSA) is 41.6 Å². The first-order valence-corrected chi connectivity index (χ1v) is 6.24. The molecule has 1 aliphatic rings. The lowest BCUT2D eigenvalue weighted by Gasteiger charge is -2.23. The van der Waals surface area contributed by atoms with Crippen LogP contribution in [0.15, 0.2) is 0 Å². The number of nitrogens with zero attached hydrogens (tertiary/aromatic N) is 1. The predicted molar refractivity (Wildman–Crippen MR) is 64.4 cm³/mol. The van der Waals surface area contributed by atoms with Crippen molar-refractivity contribution in [3.63, 3.8) is 0 Å². The van der Waals surface area contributed by atoms with Crippen LogP contribution < -0.4 is 5.32 Å². The molecular formula is C12H24N2O2. The summed E-state index contributed by atoms with van der Waals surface area (Å²) in [5.74, 6) is -0.145. The number of carbonyl (C=O) groups excluding carboxylic acids is 1. The summed E-state index contributed by atoms with van der Waals surface area (Å²) in [7, 11) is 1.45. The average Bonchev–Trinajstić information content (AvgIpc) is 2.69. The molecule has 94 valence electrons. The zero-order valence-corrected chi connectivity index (χ0v) is 10.7. The molecule has 0 aromatic heterocycles. The van der Waals surface area contributed by atoms with Crippen molar-refractivity contribution >= 4 is 5.97 Å². The Balaban J connectivity index is 2.34. The Labute approximate surface area is 98.3 Å². The van der Waals surface area contributed by atoms with Gasteiger partial charge in [0.15, 0.2) is 0 Å². The molecule has 1 rings (SSSR count). The third-order valence-corrected chi connectivity index (χ3v) is 3.33. The second kappa shape index (κ2) is 6.86. The van der Waals surface area contributed by atoms with Crippen LogP contribution in [0.1, 0.15) is 33.1 Å². The van der Waals surface area contributed by atoms with E-state index in [-0.39, 0.29) is 12.0 Å². The van der Waals surface area contributed by atoms with Crippen LogP contribution in [0.4, 0.5) is 0 Å². The molecule has 2 atom stereocenters. The number of methoxy groups -OCH3 is 1. The lowest BCUT2D eigenvalue weighted by molar-refractivity contribution is -0.143. The van der Waals surface area contributed by atoms with Crippen molar-refractivity contribution in [1.29, 1.82) is 0 Å². The Morgan fingerprint density at radius 3 is 2.88 bits per heavy atom. The Morgan fingerprint density at radius 1 is 1.62 bits per heavy atom. The van der Waals surface area contributed by atoms with Gasteiger partial charge in [0.05, 0.1) is 7.11 Å². The smallest absolute Gasteiger partial charge is 0.322 e. The lowest BCUT2D eigenvalue weighted by Crippen LogP contribution is -2.41. The van der Waals surface area contributed by atoms with Crippen LogP contribution >= 0.6 is 0 Å². The number of hydrogen-bond donors (Lipinski definition) is 1. The number of carbonyl (C=O) groups is 1. The van der Waals surface area contributed by atoms with Crippen molar-refractivity contribution in [3.8, 4) is 0 Å². The van der Waals surface area contributed by atoms with E-state index in [1.165, 1.54) is 26.5 Å². The largest absolute Gasteiger partial charge is 0.468 e. The van der Waals surface area contributed by atoms with Crippen molar-refractivity contribution in [2.24, 2.45) is 0 Å². The molecule has 1 fully saturated rings. The fraction of sp³-hybridized carbons (Fsp3) is 0.917. The minimum absolute atomic E-state index is 0.145. The van der Waals surface area contributed by atoms with E-state index < -0.39 is 0 Å². The van der Waals surface area contributed by atoms with Gasteiger partial charge >= 0.3 is 5.97 Å². The van der Waals surface area contributed by atoms with Crippen molar-refractivity contribution in [2.45, 2.75) is 45.2 Å². The third kappa shape index (κ3) is 3.76. The lowest BCUT2D eigenvalue weighted by atomic mass is 10.2. The van der Waals surface area contributed by atoms with Crippen molar-refractivity contribution in [2.75, 3.05) is 26.7 Å². The van der Waals surface area contributed by atoms with Crippen molar-refractivity contribution in [1.82, 2.24) is 10.2 Å². The Bertz CT molecular complexity index is 221. The molecule has 0 aromatic carbocycles. The summed E-state index contributed by atoms with van der Waals surface area (Å²) in [6, 6.07) is 0.516. The maximum atomic E-state index is 11.5. The standard InChI is InChI=1S/C12H24N2O2/c1-4-13-11(12(15)16-3)7-9-14-8-5-6-10(14)2/h10-11,13H,4-9H2,1-3H3. The summed E-state index contributed by atoms with van der Waals surface area (Å²) in [5, 5.41) is 3.17. The summed E-state index contributed by atoms with van der Waals surface area (Å²) in [5.41, 5.74) is 0. The zero-order chi connectivity index (χ0) is 12.0. The van der Waals surface area contributed by atoms with Crippen molar-refractivity contribution in [3.05, 3.63) is 0 Å². The van der Waals surface area contributed by atoms with Crippen LogP contribution in [0.5, 0.6) is 0 Å². The summed E-state index contributed by atoms with van der Waals surface area (Å²) in [4.78, 5) is 13.9. The summed E-state index contributed by atoms with van der Waals surface area (Å²) < 4.78 is 4.79. The van der Waals surface area contributed by atoms with E-state index in [1.54, 1.807) is 0 Å². The summed E-state index contributed by atoms with van der Waals surface area (Å²) in [6.45, 7) is 7.21. The van der Waals surface area contributed by atoms with Gasteiger partial charge in [0.25, 0.3) is 0 Å². The molecule has 1 saturated heterocycles. The third-order valence-electron chi connectivity index (χ3n) is 3.33. The quantitative estimate of drug-likeness (QED) is 0.689. The normalized spacial score (nSPS) is 23.3. The molecule has 4 nitrogen and oxygen atoms in total. The average molecular weight is 228 g/mol. The van der Waals surface area contributed by atoms with Crippen LogP contribution in [0.3, 0.4) is 0 Å². The first-order valence-electron chi connectivity index (χ1n) is 6.24. The van der Waals surface area contributed by atoms with E-state index in [9.17, 15) is 4.79 Å². The first-order chi connectivity index (χ1) is 7.69. The van der Waals surface area contributed by atoms with E-state index in [0.29, 0.717) is 6.04 Å². The number of esters is 1. The molecule has 0 saturated carbocycles. The van der Waals surface area contributed by atoms with Crippen LogP contribution in [0.2, 0.25) is 0 Å². The highest BCUT2D eigenvalue weighted by Crippen LogP contribution is 2.16. The van der Waals surface area contributed by atoms with Gasteiger partial charge in [-0.05, 0) is 39.3 Å². The molecule has 0 aromatic rings. The Hall–Kier alpha value is -0.610. The van der Waals surface area contributed by atoms with Gasteiger partial charge in [-0.1, -0.05) is 6.92 Å². The number of ether oxygens (including phenoxy) is 1. The van der Waals surface area contributed by atoms with Gasteiger partial charge in [0.1, 0.15) is 6.04 Å². The fourth-order valence-corrected chi connectivity index (χ4v) is 2.31. The molecule has 0 bridgehead atoms. The van der Waals surface area contributed by atoms with Crippen LogP contribution in [-0.2, 0) is 9.53 Å². The van der Waals surface area contributed by atoms with Gasteiger partial charge in [0, 0.05) is 12.6 Å². The number of nitrogens with one attached hydrogen (secondary N) is 1.